The van der Waals surface area contributed by atoms with Crippen LogP contribution in [-0.2, 0) is 27.1 Å². The number of nitrogens with two attached hydrogens (primary N) is 1. The van der Waals surface area contributed by atoms with E-state index in [9.17, 15) is 16.8 Å². The van der Waals surface area contributed by atoms with Crippen LogP contribution < -0.4 is 9.94 Å². The fourth-order valence-electron chi connectivity index (χ4n) is 0.664. The zero-order chi connectivity index (χ0) is 11.9. The molecular weight excluding hydrogens is 264 g/mol. The highest BCUT2D eigenvalue weighted by atomic mass is 32.2. The molecule has 0 aliphatic rings. The average Bonchev–Trinajstić information content (AvgIpc) is 2.27. The van der Waals surface area contributed by atoms with Gasteiger partial charge in [-0.15, -0.1) is 9.50 Å². The molecule has 2 N–H and O–H groups in total. The maximum atomic E-state index is 10.9. The molecule has 0 aliphatic heterocycles. The number of sulfonamides is 2. The van der Waals surface area contributed by atoms with Gasteiger partial charge in [0, 0.05) is 7.05 Å². The van der Waals surface area contributed by atoms with Crippen LogP contribution in [0.5, 0.6) is 0 Å². The zero-order valence-corrected chi connectivity index (χ0v) is 10.2. The van der Waals surface area contributed by atoms with E-state index in [1.807, 2.05) is 0 Å². The first kappa shape index (κ1) is 12.3. The Morgan fingerprint density at radius 3 is 2.27 bits per heavy atom. The Bertz CT molecular complexity index is 634. The second-order valence-corrected chi connectivity index (χ2v) is 6.98. The van der Waals surface area contributed by atoms with Crippen molar-refractivity contribution in [2.45, 2.75) is 4.34 Å². The van der Waals surface area contributed by atoms with Crippen molar-refractivity contribution in [1.29, 1.82) is 0 Å². The smallest absolute Gasteiger partial charge is 0.239 e. The Balaban J connectivity index is 3.51. The Kier molecular flexibility index (Phi) is 3.00. The van der Waals surface area contributed by atoms with Crippen molar-refractivity contribution < 1.29 is 16.8 Å². The summed E-state index contributed by atoms with van der Waals surface area (Å²) in [6, 6.07) is 0. The minimum absolute atomic E-state index is 0.0541. The number of rotatable bonds is 2. The van der Waals surface area contributed by atoms with Crippen LogP contribution in [0.15, 0.2) is 8.74 Å². The van der Waals surface area contributed by atoms with Crippen molar-refractivity contribution in [3.05, 3.63) is 4.80 Å². The highest BCUT2D eigenvalue weighted by Gasteiger charge is 2.14. The van der Waals surface area contributed by atoms with Crippen LogP contribution in [-0.4, -0.2) is 32.9 Å². The highest BCUT2D eigenvalue weighted by molar-refractivity contribution is 7.91. The van der Waals surface area contributed by atoms with Crippen LogP contribution in [0, 0.1) is 0 Å². The maximum absolute atomic E-state index is 10.9. The van der Waals surface area contributed by atoms with Crippen LogP contribution in [0.4, 0.5) is 0 Å². The summed E-state index contributed by atoms with van der Waals surface area (Å²) in [5, 5.41) is 8.35. The Morgan fingerprint density at radius 2 is 1.93 bits per heavy atom. The SMILES string of the molecule is Cn1nc(S(N)(=O)=O)s/c1=N\S(C)(=O)=O. The average molecular weight is 272 g/mol. The summed E-state index contributed by atoms with van der Waals surface area (Å²) in [5.74, 6) is 0. The van der Waals surface area contributed by atoms with Gasteiger partial charge in [0.25, 0.3) is 20.0 Å². The molecule has 15 heavy (non-hydrogen) atoms. The van der Waals surface area contributed by atoms with Gasteiger partial charge in [-0.25, -0.2) is 26.7 Å². The first-order valence-corrected chi connectivity index (χ1v) is 7.63. The molecule has 0 aliphatic carbocycles. The second-order valence-electron chi connectivity index (χ2n) is 2.64. The Morgan fingerprint density at radius 1 is 1.40 bits per heavy atom. The molecule has 86 valence electrons. The van der Waals surface area contributed by atoms with Crippen LogP contribution in [0.3, 0.4) is 0 Å². The number of hydrogen-bond acceptors (Lipinski definition) is 6. The predicted octanol–water partition coefficient (Wildman–Crippen LogP) is -2.01. The summed E-state index contributed by atoms with van der Waals surface area (Å²) in [4.78, 5) is -0.0541. The molecule has 0 radical (unpaired) electrons. The third-order valence-corrected chi connectivity index (χ3v) is 4.10. The van der Waals surface area contributed by atoms with Crippen molar-refractivity contribution >= 4 is 31.4 Å². The number of aromatic nitrogens is 2. The van der Waals surface area contributed by atoms with Gasteiger partial charge in [-0.3, -0.25) is 0 Å². The number of primary sulfonamides is 1. The largest absolute Gasteiger partial charge is 0.267 e. The van der Waals surface area contributed by atoms with E-state index >= 15 is 0 Å². The van der Waals surface area contributed by atoms with Gasteiger partial charge in [0.2, 0.25) is 9.14 Å². The molecule has 11 heteroatoms. The summed E-state index contributed by atoms with van der Waals surface area (Å²) >= 11 is 0.586. The van der Waals surface area contributed by atoms with Gasteiger partial charge < -0.3 is 0 Å². The molecule has 0 amide bonds. The lowest BCUT2D eigenvalue weighted by atomic mass is 11.2. The fourth-order valence-corrected chi connectivity index (χ4v) is 3.04. The fraction of sp³-hybridized carbons (Fsp3) is 0.500. The van der Waals surface area contributed by atoms with Gasteiger partial charge in [0.05, 0.1) is 6.26 Å². The van der Waals surface area contributed by atoms with E-state index in [0.29, 0.717) is 11.3 Å². The molecule has 0 aromatic carbocycles. The molecule has 1 aromatic heterocycles. The quantitative estimate of drug-likeness (QED) is 0.666. The van der Waals surface area contributed by atoms with Gasteiger partial charge >= 0.3 is 0 Å². The lowest BCUT2D eigenvalue weighted by molar-refractivity contribution is 0.590. The molecule has 0 saturated carbocycles. The van der Waals surface area contributed by atoms with Crippen LogP contribution in [0.1, 0.15) is 0 Å². The monoisotopic (exact) mass is 272 g/mol. The van der Waals surface area contributed by atoms with Crippen molar-refractivity contribution in [2.24, 2.45) is 16.6 Å². The summed E-state index contributed by atoms with van der Waals surface area (Å²) in [7, 11) is -6.15. The topological polar surface area (TPSA) is 124 Å². The predicted molar refractivity (Wildman–Crippen MR) is 52.9 cm³/mol. The van der Waals surface area contributed by atoms with E-state index in [2.05, 4.69) is 9.50 Å². The Labute approximate surface area is 90.2 Å². The molecular formula is C4H8N4O4S3. The van der Waals surface area contributed by atoms with E-state index in [4.69, 9.17) is 5.14 Å². The Hall–Kier alpha value is -0.780. The van der Waals surface area contributed by atoms with Crippen LogP contribution >= 0.6 is 11.3 Å². The second kappa shape index (κ2) is 3.66. The minimum atomic E-state index is -3.93. The molecule has 8 nitrogen and oxygen atoms in total. The number of hydrogen-bond donors (Lipinski definition) is 1. The van der Waals surface area contributed by atoms with Gasteiger partial charge in [0.1, 0.15) is 0 Å². The van der Waals surface area contributed by atoms with E-state index in [-0.39, 0.29) is 9.14 Å². The molecule has 0 saturated heterocycles. The summed E-state index contributed by atoms with van der Waals surface area (Å²) < 4.78 is 47.4. The minimum Gasteiger partial charge on any atom is -0.239 e. The lowest BCUT2D eigenvalue weighted by Gasteiger charge is -1.86. The molecule has 1 aromatic rings. The molecule has 1 rings (SSSR count). The lowest BCUT2D eigenvalue weighted by Crippen LogP contribution is -2.14. The zero-order valence-electron chi connectivity index (χ0n) is 7.78. The summed E-state index contributed by atoms with van der Waals surface area (Å²) in [5.41, 5.74) is 0. The van der Waals surface area contributed by atoms with Crippen molar-refractivity contribution in [3.63, 3.8) is 0 Å². The van der Waals surface area contributed by atoms with Gasteiger partial charge in [-0.2, -0.15) is 0 Å². The van der Waals surface area contributed by atoms with Crippen LogP contribution in [0.25, 0.3) is 0 Å². The van der Waals surface area contributed by atoms with Gasteiger partial charge in [-0.1, -0.05) is 11.3 Å². The van der Waals surface area contributed by atoms with E-state index in [1.54, 1.807) is 0 Å². The molecule has 0 fully saturated rings. The van der Waals surface area contributed by atoms with E-state index < -0.39 is 20.0 Å². The van der Waals surface area contributed by atoms with E-state index in [1.165, 1.54) is 7.05 Å². The van der Waals surface area contributed by atoms with Crippen molar-refractivity contribution in [2.75, 3.05) is 6.26 Å². The standard InChI is InChI=1S/C4H8N4O4S3/c1-8-3(7-14(2,9)10)13-4(6-8)15(5,11)12/h1-2H3,(H2,5,11,12)/b7-3-. The number of aryl methyl sites for hydroxylation is 1. The van der Waals surface area contributed by atoms with Crippen molar-refractivity contribution in [1.82, 2.24) is 9.78 Å². The third kappa shape index (κ3) is 3.37. The normalized spacial score (nSPS) is 14.5. The first-order chi connectivity index (χ1) is 6.59. The van der Waals surface area contributed by atoms with Crippen LogP contribution in [0.2, 0.25) is 0 Å². The maximum Gasteiger partial charge on any atom is 0.267 e. The van der Waals surface area contributed by atoms with Gasteiger partial charge in [0.15, 0.2) is 0 Å². The van der Waals surface area contributed by atoms with Gasteiger partial charge in [-0.05, 0) is 0 Å². The molecule has 0 atom stereocenters. The first-order valence-electron chi connectivity index (χ1n) is 3.42. The van der Waals surface area contributed by atoms with E-state index in [0.717, 1.165) is 10.9 Å². The van der Waals surface area contributed by atoms with Crippen molar-refractivity contribution in [3.8, 4) is 0 Å². The summed E-state index contributed by atoms with van der Waals surface area (Å²) in [6.07, 6.45) is 0.892. The molecule has 0 bridgehead atoms. The number of nitrogens with zero attached hydrogens (tertiary/aromatic N) is 3. The highest BCUT2D eigenvalue weighted by Crippen LogP contribution is 2.04. The molecule has 0 unspecified atom stereocenters. The summed E-state index contributed by atoms with van der Waals surface area (Å²) in [6.45, 7) is 0. The third-order valence-electron chi connectivity index (χ3n) is 1.17. The molecule has 0 spiro atoms. The molecule has 1 heterocycles.